The van der Waals surface area contributed by atoms with Crippen molar-refractivity contribution in [2.45, 2.75) is 31.8 Å². The molecule has 0 spiro atoms. The third-order valence-electron chi connectivity index (χ3n) is 6.11. The first-order valence-electron chi connectivity index (χ1n) is 9.33. The lowest BCUT2D eigenvalue weighted by atomic mass is 9.84. The third-order valence-corrected chi connectivity index (χ3v) is 6.11. The normalized spacial score (nSPS) is 26.1. The number of nitrogens with zero attached hydrogens (tertiary/aromatic N) is 2. The maximum atomic E-state index is 12.8. The molecule has 150 valence electrons. The number of aromatic nitrogens is 1. The minimum atomic E-state index is -0.0185. The van der Waals surface area contributed by atoms with Crippen LogP contribution < -0.4 is 11.1 Å². The Morgan fingerprint density at radius 2 is 1.96 bits per heavy atom. The van der Waals surface area contributed by atoms with E-state index in [9.17, 15) is 4.79 Å². The Morgan fingerprint density at radius 1 is 1.22 bits per heavy atom. The maximum Gasteiger partial charge on any atom is 0.229 e. The summed E-state index contributed by atoms with van der Waals surface area (Å²) >= 11 is 0. The van der Waals surface area contributed by atoms with Crippen LogP contribution in [0.1, 0.15) is 19.3 Å². The standard InChI is InChI=1S/C20H28N4O.2ClH/c1-23(2)9-10-24-8-7-13-5-6-16(12-17(13)24)22-20(25)18-14-3-4-15(11-14)19(18)21;;/h5-8,12,14-15,18-19H,3-4,9-11,21H2,1-2H3,(H,22,25);2*1H. The highest BCUT2D eigenvalue weighted by atomic mass is 35.5. The number of hydrogen-bond acceptors (Lipinski definition) is 3. The van der Waals surface area contributed by atoms with Crippen molar-refractivity contribution in [3.8, 4) is 0 Å². The zero-order valence-electron chi connectivity index (χ0n) is 15.9. The first kappa shape index (κ1) is 22.0. The van der Waals surface area contributed by atoms with Crippen molar-refractivity contribution in [2.75, 3.05) is 26.0 Å². The van der Waals surface area contributed by atoms with Gasteiger partial charge < -0.3 is 20.5 Å². The van der Waals surface area contributed by atoms with E-state index in [1.54, 1.807) is 0 Å². The van der Waals surface area contributed by atoms with Gasteiger partial charge in [-0.2, -0.15) is 0 Å². The largest absolute Gasteiger partial charge is 0.346 e. The maximum absolute atomic E-state index is 12.8. The van der Waals surface area contributed by atoms with Gasteiger partial charge in [0, 0.05) is 31.0 Å². The van der Waals surface area contributed by atoms with E-state index < -0.39 is 0 Å². The minimum Gasteiger partial charge on any atom is -0.346 e. The van der Waals surface area contributed by atoms with Crippen LogP contribution in [0.15, 0.2) is 30.5 Å². The monoisotopic (exact) mass is 412 g/mol. The van der Waals surface area contributed by atoms with Crippen LogP contribution in [0.5, 0.6) is 0 Å². The second-order valence-electron chi connectivity index (χ2n) is 8.01. The highest BCUT2D eigenvalue weighted by molar-refractivity contribution is 5.96. The van der Waals surface area contributed by atoms with E-state index >= 15 is 0 Å². The molecule has 1 amide bonds. The molecule has 0 radical (unpaired) electrons. The Balaban J connectivity index is 0.00000131. The van der Waals surface area contributed by atoms with Gasteiger partial charge in [0.2, 0.25) is 5.91 Å². The van der Waals surface area contributed by atoms with Gasteiger partial charge in [-0.25, -0.2) is 0 Å². The Bertz CT molecular complexity index is 789. The fourth-order valence-corrected chi connectivity index (χ4v) is 4.71. The summed E-state index contributed by atoms with van der Waals surface area (Å²) in [6.07, 6.45) is 5.60. The number of rotatable bonds is 5. The summed E-state index contributed by atoms with van der Waals surface area (Å²) in [5.74, 6) is 1.11. The van der Waals surface area contributed by atoms with Gasteiger partial charge in [-0.3, -0.25) is 4.79 Å². The number of carbonyl (C=O) groups is 1. The quantitative estimate of drug-likeness (QED) is 0.790. The van der Waals surface area contributed by atoms with E-state index in [1.807, 2.05) is 6.07 Å². The van der Waals surface area contributed by atoms with Gasteiger partial charge in [0.05, 0.1) is 11.4 Å². The number of halogens is 2. The summed E-state index contributed by atoms with van der Waals surface area (Å²) in [6.45, 7) is 1.92. The SMILES string of the molecule is CN(C)CCn1ccc2ccc(NC(=O)C3C4CCC(C4)C3N)cc21.Cl.Cl. The molecule has 27 heavy (non-hydrogen) atoms. The molecule has 2 aromatic rings. The molecule has 4 unspecified atom stereocenters. The average Bonchev–Trinajstić information content (AvgIpc) is 3.26. The van der Waals surface area contributed by atoms with Crippen molar-refractivity contribution in [1.82, 2.24) is 9.47 Å². The number of anilines is 1. The van der Waals surface area contributed by atoms with E-state index in [0.29, 0.717) is 11.8 Å². The van der Waals surface area contributed by atoms with E-state index in [4.69, 9.17) is 5.73 Å². The highest BCUT2D eigenvalue weighted by Crippen LogP contribution is 2.47. The zero-order valence-corrected chi connectivity index (χ0v) is 17.6. The number of fused-ring (bicyclic) bond motifs is 3. The van der Waals surface area contributed by atoms with Gasteiger partial charge >= 0.3 is 0 Å². The molecule has 4 rings (SSSR count). The van der Waals surface area contributed by atoms with E-state index in [-0.39, 0.29) is 42.7 Å². The molecule has 2 aliphatic carbocycles. The number of likely N-dealkylation sites (N-methyl/N-ethyl adjacent to an activating group) is 1. The van der Waals surface area contributed by atoms with Crippen molar-refractivity contribution in [3.63, 3.8) is 0 Å². The van der Waals surface area contributed by atoms with Crippen molar-refractivity contribution in [2.24, 2.45) is 23.5 Å². The summed E-state index contributed by atoms with van der Waals surface area (Å²) in [6, 6.07) is 8.32. The molecule has 1 aromatic heterocycles. The van der Waals surface area contributed by atoms with Crippen molar-refractivity contribution in [3.05, 3.63) is 30.5 Å². The van der Waals surface area contributed by atoms with Gasteiger partial charge in [0.15, 0.2) is 0 Å². The molecule has 4 atom stereocenters. The summed E-state index contributed by atoms with van der Waals surface area (Å²) < 4.78 is 2.24. The molecule has 5 nitrogen and oxygen atoms in total. The Labute approximate surface area is 173 Å². The van der Waals surface area contributed by atoms with E-state index in [2.05, 4.69) is 53.3 Å². The molecule has 0 saturated heterocycles. The predicted octanol–water partition coefficient (Wildman–Crippen LogP) is 3.36. The fourth-order valence-electron chi connectivity index (χ4n) is 4.71. The summed E-state index contributed by atoms with van der Waals surface area (Å²) in [7, 11) is 4.16. The van der Waals surface area contributed by atoms with Crippen molar-refractivity contribution in [1.29, 1.82) is 0 Å². The number of carbonyl (C=O) groups excluding carboxylic acids is 1. The summed E-state index contributed by atoms with van der Waals surface area (Å²) in [5.41, 5.74) is 8.35. The highest BCUT2D eigenvalue weighted by Gasteiger charge is 2.49. The smallest absolute Gasteiger partial charge is 0.229 e. The number of amides is 1. The summed E-state index contributed by atoms with van der Waals surface area (Å²) in [5, 5.41) is 4.33. The van der Waals surface area contributed by atoms with Gasteiger partial charge in [0.1, 0.15) is 0 Å². The lowest BCUT2D eigenvalue weighted by molar-refractivity contribution is -0.121. The summed E-state index contributed by atoms with van der Waals surface area (Å²) in [4.78, 5) is 15.0. The lowest BCUT2D eigenvalue weighted by Crippen LogP contribution is -2.42. The molecule has 7 heteroatoms. The van der Waals surface area contributed by atoms with Gasteiger partial charge in [-0.15, -0.1) is 24.8 Å². The molecule has 1 heterocycles. The van der Waals surface area contributed by atoms with Crippen LogP contribution in [0.25, 0.3) is 10.9 Å². The Hall–Kier alpha value is -1.27. The molecule has 0 aliphatic heterocycles. The first-order chi connectivity index (χ1) is 12.0. The fraction of sp³-hybridized carbons (Fsp3) is 0.550. The van der Waals surface area contributed by atoms with Gasteiger partial charge in [-0.1, -0.05) is 6.07 Å². The molecule has 2 saturated carbocycles. The zero-order chi connectivity index (χ0) is 17.6. The van der Waals surface area contributed by atoms with Crippen LogP contribution in [0.2, 0.25) is 0 Å². The minimum absolute atomic E-state index is 0. The number of hydrogen-bond donors (Lipinski definition) is 2. The molecule has 3 N–H and O–H groups in total. The van der Waals surface area contributed by atoms with Crippen LogP contribution in [-0.2, 0) is 11.3 Å². The molecule has 2 bridgehead atoms. The number of benzene rings is 1. The average molecular weight is 413 g/mol. The third kappa shape index (κ3) is 4.27. The van der Waals surface area contributed by atoms with E-state index in [1.165, 1.54) is 11.8 Å². The second kappa shape index (κ2) is 8.82. The van der Waals surface area contributed by atoms with E-state index in [0.717, 1.165) is 37.1 Å². The molecular formula is C20H30Cl2N4O. The predicted molar refractivity (Wildman–Crippen MR) is 116 cm³/mol. The van der Waals surface area contributed by atoms with Crippen LogP contribution in [-0.4, -0.2) is 42.1 Å². The van der Waals surface area contributed by atoms with Crippen LogP contribution in [0.4, 0.5) is 5.69 Å². The van der Waals surface area contributed by atoms with Gasteiger partial charge in [0.25, 0.3) is 0 Å². The second-order valence-corrected chi connectivity index (χ2v) is 8.01. The lowest BCUT2D eigenvalue weighted by Gasteiger charge is -2.27. The molecular weight excluding hydrogens is 383 g/mol. The van der Waals surface area contributed by atoms with Crippen LogP contribution in [0, 0.1) is 17.8 Å². The van der Waals surface area contributed by atoms with Crippen molar-refractivity contribution < 1.29 is 4.79 Å². The van der Waals surface area contributed by atoms with Crippen molar-refractivity contribution >= 4 is 47.3 Å². The van der Waals surface area contributed by atoms with Crippen LogP contribution in [0.3, 0.4) is 0 Å². The van der Waals surface area contributed by atoms with Gasteiger partial charge in [-0.05, 0) is 68.8 Å². The molecule has 1 aromatic carbocycles. The topological polar surface area (TPSA) is 63.3 Å². The Morgan fingerprint density at radius 3 is 2.63 bits per heavy atom. The Kier molecular flexibility index (Phi) is 7.20. The molecule has 2 aliphatic rings. The molecule has 2 fully saturated rings. The number of nitrogens with one attached hydrogen (secondary N) is 1. The number of nitrogens with two attached hydrogens (primary N) is 1. The first-order valence-corrected chi connectivity index (χ1v) is 9.33. The van der Waals surface area contributed by atoms with Crippen LogP contribution >= 0.6 is 24.8 Å².